The average molecular weight is 637 g/mol. The average Bonchev–Trinajstić information content (AvgIpc) is 3.43. The van der Waals surface area contributed by atoms with Crippen molar-refractivity contribution >= 4 is 36.4 Å². The van der Waals surface area contributed by atoms with E-state index in [9.17, 15) is 18.5 Å². The van der Waals surface area contributed by atoms with E-state index in [1.165, 1.54) is 12.7 Å². The van der Waals surface area contributed by atoms with Gasteiger partial charge in [0, 0.05) is 0 Å². The molecule has 242 valence electrons. The Bertz CT molecular complexity index is 1360. The van der Waals surface area contributed by atoms with E-state index in [4.69, 9.17) is 24.5 Å². The van der Waals surface area contributed by atoms with E-state index in [1.807, 2.05) is 13.8 Å². The quantitative estimate of drug-likeness (QED) is 0.0931. The van der Waals surface area contributed by atoms with Crippen LogP contribution < -0.4 is 15.3 Å². The van der Waals surface area contributed by atoms with Gasteiger partial charge in [-0.3, -0.25) is 14.2 Å². The Kier molecular flexibility index (Phi) is 14.5. The highest BCUT2D eigenvalue weighted by atomic mass is 31.2. The molecule has 0 aliphatic rings. The fraction of sp³-hybridized carbons (Fsp3) is 0.552. The minimum atomic E-state index is -4.12. The fourth-order valence-corrected chi connectivity index (χ4v) is 5.87. The summed E-state index contributed by atoms with van der Waals surface area (Å²) in [5, 5.41) is 2.68. The van der Waals surface area contributed by atoms with Gasteiger partial charge in [-0.1, -0.05) is 57.7 Å². The maximum atomic E-state index is 14.2. The van der Waals surface area contributed by atoms with Crippen molar-refractivity contribution in [3.63, 3.8) is 0 Å². The lowest BCUT2D eigenvalue weighted by Gasteiger charge is -2.26. The predicted molar refractivity (Wildman–Crippen MR) is 163 cm³/mol. The molecule has 2 heterocycles. The molecular formula is C29H42FN6O7P. The van der Waals surface area contributed by atoms with Crippen LogP contribution in [0.1, 0.15) is 58.8 Å². The third-order valence-corrected chi connectivity index (χ3v) is 8.19. The molecule has 3 N–H and O–H groups in total. The third-order valence-electron chi connectivity index (χ3n) is 6.49. The Morgan fingerprint density at radius 2 is 1.73 bits per heavy atom. The molecule has 0 saturated carbocycles. The Morgan fingerprint density at radius 3 is 2.41 bits per heavy atom. The van der Waals surface area contributed by atoms with Gasteiger partial charge in [-0.15, -0.1) is 0 Å². The number of benzene rings is 1. The predicted octanol–water partition coefficient (Wildman–Crippen LogP) is 4.81. The number of para-hydroxylation sites is 1. The molecule has 0 aliphatic heterocycles. The van der Waals surface area contributed by atoms with E-state index >= 15 is 0 Å². The Hall–Kier alpha value is -3.61. The molecule has 3 aromatic rings. The van der Waals surface area contributed by atoms with Crippen molar-refractivity contribution in [2.75, 3.05) is 32.0 Å². The van der Waals surface area contributed by atoms with Gasteiger partial charge in [0.2, 0.25) is 0 Å². The number of fused-ring (bicyclic) bond motifs is 1. The number of hydrogen-bond donors (Lipinski definition) is 2. The molecule has 0 amide bonds. The molecule has 13 nitrogen and oxygen atoms in total. The minimum Gasteiger partial charge on any atom is -0.466 e. The summed E-state index contributed by atoms with van der Waals surface area (Å²) < 4.78 is 52.2. The number of rotatable bonds is 21. The normalized spacial score (nSPS) is 14.1. The van der Waals surface area contributed by atoms with Crippen molar-refractivity contribution in [3.05, 3.63) is 43.0 Å². The summed E-state index contributed by atoms with van der Waals surface area (Å²) in [6.07, 6.45) is 5.44. The summed E-state index contributed by atoms with van der Waals surface area (Å²) in [7, 11) is -4.12. The molecule has 44 heavy (non-hydrogen) atoms. The van der Waals surface area contributed by atoms with Gasteiger partial charge >= 0.3 is 19.5 Å². The number of ether oxygens (including phenoxy) is 3. The minimum absolute atomic E-state index is 0.0399. The number of anilines is 1. The van der Waals surface area contributed by atoms with Crippen molar-refractivity contribution in [1.82, 2.24) is 24.6 Å². The number of aromatic nitrogens is 4. The number of nitrogen functional groups attached to an aromatic ring is 1. The first-order valence-electron chi connectivity index (χ1n) is 14.8. The lowest BCUT2D eigenvalue weighted by Crippen LogP contribution is -2.40. The molecule has 0 bridgehead atoms. The van der Waals surface area contributed by atoms with Gasteiger partial charge in [-0.25, -0.2) is 24.4 Å². The summed E-state index contributed by atoms with van der Waals surface area (Å²) in [5.74, 6) is -1.06. The first-order valence-corrected chi connectivity index (χ1v) is 16.6. The molecule has 1 aromatic carbocycles. The standard InChI is InChI=1S/C29H42FN6O7P/c1-3-5-10-14-40-25(37)16-24(29(38)41-15-11-6-4-2)35-44(39,43-22-12-8-7-9-13-22)21-42-23(17-30)18-36-20-34-26-27(31)32-19-33-28(26)36/h7-9,12-13,19-20,23-24H,3-6,10-11,14-18,21H2,1-2H3,(H,35,39)(H2,31,32,33)/t23?,24-,44?/m0/s1. The van der Waals surface area contributed by atoms with E-state index in [2.05, 4.69) is 20.0 Å². The number of alkyl halides is 1. The van der Waals surface area contributed by atoms with E-state index in [1.54, 1.807) is 34.9 Å². The van der Waals surface area contributed by atoms with Gasteiger partial charge in [0.1, 0.15) is 42.8 Å². The van der Waals surface area contributed by atoms with E-state index in [0.717, 1.165) is 25.7 Å². The third kappa shape index (κ3) is 11.1. The first-order chi connectivity index (χ1) is 21.3. The summed E-state index contributed by atoms with van der Waals surface area (Å²) in [6.45, 7) is 3.39. The topological polar surface area (TPSA) is 170 Å². The molecule has 15 heteroatoms. The molecule has 0 spiro atoms. The van der Waals surface area contributed by atoms with Crippen molar-refractivity contribution in [2.45, 2.75) is 77.5 Å². The van der Waals surface area contributed by atoms with Crippen molar-refractivity contribution in [1.29, 1.82) is 0 Å². The molecule has 2 aromatic heterocycles. The van der Waals surface area contributed by atoms with Crippen LogP contribution in [-0.2, 0) is 34.9 Å². The fourth-order valence-electron chi connectivity index (χ4n) is 4.15. The molecule has 2 unspecified atom stereocenters. The lowest BCUT2D eigenvalue weighted by molar-refractivity contribution is -0.152. The van der Waals surface area contributed by atoms with Crippen LogP contribution in [0, 0.1) is 0 Å². The number of nitrogens with two attached hydrogens (primary N) is 1. The van der Waals surface area contributed by atoms with E-state index in [0.29, 0.717) is 24.0 Å². The Morgan fingerprint density at radius 1 is 1.02 bits per heavy atom. The molecule has 3 rings (SSSR count). The van der Waals surface area contributed by atoms with Gasteiger partial charge in [-0.2, -0.15) is 0 Å². The van der Waals surface area contributed by atoms with Crippen LogP contribution in [0.25, 0.3) is 11.2 Å². The van der Waals surface area contributed by atoms with Crippen LogP contribution in [0.2, 0.25) is 0 Å². The zero-order valence-electron chi connectivity index (χ0n) is 25.2. The number of carbonyl (C=O) groups is 2. The second-order valence-corrected chi connectivity index (χ2v) is 12.2. The highest BCUT2D eigenvalue weighted by Crippen LogP contribution is 2.44. The molecular weight excluding hydrogens is 594 g/mol. The number of imidazole rings is 1. The monoisotopic (exact) mass is 636 g/mol. The number of halogens is 1. The zero-order valence-corrected chi connectivity index (χ0v) is 26.1. The van der Waals surface area contributed by atoms with Crippen LogP contribution in [0.15, 0.2) is 43.0 Å². The van der Waals surface area contributed by atoms with Gasteiger partial charge in [-0.05, 0) is 25.0 Å². The maximum absolute atomic E-state index is 14.2. The van der Waals surface area contributed by atoms with Crippen LogP contribution in [0.4, 0.5) is 10.2 Å². The summed E-state index contributed by atoms with van der Waals surface area (Å²) >= 11 is 0. The van der Waals surface area contributed by atoms with Gasteiger partial charge in [0.15, 0.2) is 11.5 Å². The number of nitrogens with zero attached hydrogens (tertiary/aromatic N) is 4. The zero-order chi connectivity index (χ0) is 31.8. The second-order valence-electron chi connectivity index (χ2n) is 10.2. The van der Waals surface area contributed by atoms with Crippen molar-refractivity contribution in [2.24, 2.45) is 0 Å². The largest absolute Gasteiger partial charge is 0.466 e. The van der Waals surface area contributed by atoms with E-state index in [-0.39, 0.29) is 31.3 Å². The Labute approximate surface area is 256 Å². The second kappa shape index (κ2) is 18.3. The van der Waals surface area contributed by atoms with Crippen LogP contribution >= 0.6 is 7.52 Å². The number of nitrogens with one attached hydrogen (secondary N) is 1. The number of carbonyl (C=O) groups excluding carboxylic acids is 2. The number of hydrogen-bond acceptors (Lipinski definition) is 11. The summed E-state index contributed by atoms with van der Waals surface area (Å²) in [6, 6.07) is 6.88. The summed E-state index contributed by atoms with van der Waals surface area (Å²) in [4.78, 5) is 38.0. The Balaban J connectivity index is 1.78. The smallest absolute Gasteiger partial charge is 0.342 e. The van der Waals surface area contributed by atoms with Crippen molar-refractivity contribution < 1.29 is 37.3 Å². The molecule has 0 saturated heterocycles. The molecule has 0 radical (unpaired) electrons. The van der Waals surface area contributed by atoms with E-state index < -0.39 is 51.0 Å². The lowest BCUT2D eigenvalue weighted by atomic mass is 10.2. The number of esters is 2. The van der Waals surface area contributed by atoms with Crippen molar-refractivity contribution in [3.8, 4) is 5.75 Å². The van der Waals surface area contributed by atoms with Gasteiger partial charge < -0.3 is 29.0 Å². The molecule has 0 aliphatic carbocycles. The highest BCUT2D eigenvalue weighted by molar-refractivity contribution is 7.57. The molecule has 0 fully saturated rings. The highest BCUT2D eigenvalue weighted by Gasteiger charge is 2.36. The van der Waals surface area contributed by atoms with Gasteiger partial charge in [0.25, 0.3) is 0 Å². The summed E-state index contributed by atoms with van der Waals surface area (Å²) in [5.41, 5.74) is 6.58. The molecule has 3 atom stereocenters. The van der Waals surface area contributed by atoms with Crippen LogP contribution in [-0.4, -0.2) is 69.8 Å². The van der Waals surface area contributed by atoms with Crippen LogP contribution in [0.3, 0.4) is 0 Å². The SMILES string of the molecule is CCCCCOC(=O)C[C@H](NP(=O)(COC(CF)Cn1cnc2c(N)ncnc21)Oc1ccccc1)C(=O)OCCCCC. The first kappa shape index (κ1) is 34.9. The van der Waals surface area contributed by atoms with Gasteiger partial charge in [0.05, 0.1) is 32.5 Å². The maximum Gasteiger partial charge on any atom is 0.342 e. The number of unbranched alkanes of at least 4 members (excludes halogenated alkanes) is 4. The van der Waals surface area contributed by atoms with Crippen LogP contribution in [0.5, 0.6) is 5.75 Å².